The van der Waals surface area contributed by atoms with E-state index in [0.717, 1.165) is 12.2 Å². The van der Waals surface area contributed by atoms with Gasteiger partial charge in [0.2, 0.25) is 0 Å². The van der Waals surface area contributed by atoms with E-state index in [-0.39, 0.29) is 0 Å². The van der Waals surface area contributed by atoms with Crippen LogP contribution in [0.1, 0.15) is 13.3 Å². The minimum Gasteiger partial charge on any atom is -0.457 e. The molecule has 0 bridgehead atoms. The van der Waals surface area contributed by atoms with Crippen LogP contribution in [-0.2, 0) is 4.74 Å². The average Bonchev–Trinajstić information content (AvgIpc) is 2.45. The predicted octanol–water partition coefficient (Wildman–Crippen LogP) is 4.62. The minimum absolute atomic E-state index is 0.446. The van der Waals surface area contributed by atoms with E-state index in [2.05, 4.69) is 12.7 Å². The van der Waals surface area contributed by atoms with Crippen LogP contribution in [0.5, 0.6) is 0 Å². The molecule has 0 saturated carbocycles. The van der Waals surface area contributed by atoms with Crippen molar-refractivity contribution in [2.24, 2.45) is 0 Å². The van der Waals surface area contributed by atoms with Crippen molar-refractivity contribution in [2.75, 3.05) is 0 Å². The van der Waals surface area contributed by atoms with Crippen molar-refractivity contribution in [1.29, 1.82) is 0 Å². The van der Waals surface area contributed by atoms with Crippen LogP contribution in [-0.4, -0.2) is 0 Å². The maximum absolute atomic E-state index is 5.72. The zero-order chi connectivity index (χ0) is 11.8. The highest BCUT2D eigenvalue weighted by atomic mass is 35.5. The molecule has 2 heteroatoms. The first kappa shape index (κ1) is 12.6. The van der Waals surface area contributed by atoms with Crippen molar-refractivity contribution in [3.63, 3.8) is 0 Å². The van der Waals surface area contributed by atoms with Crippen LogP contribution in [0.4, 0.5) is 0 Å². The van der Waals surface area contributed by atoms with Gasteiger partial charge >= 0.3 is 0 Å². The second kappa shape index (κ2) is 6.91. The largest absolute Gasteiger partial charge is 0.457 e. The summed E-state index contributed by atoms with van der Waals surface area (Å²) in [4.78, 5) is 0. The van der Waals surface area contributed by atoms with E-state index in [1.807, 2.05) is 43.4 Å². The van der Waals surface area contributed by atoms with Crippen molar-refractivity contribution in [3.05, 3.63) is 71.7 Å². The zero-order valence-corrected chi connectivity index (χ0v) is 10.1. The Kier molecular flexibility index (Phi) is 5.44. The van der Waals surface area contributed by atoms with Crippen molar-refractivity contribution >= 4 is 11.6 Å². The lowest BCUT2D eigenvalue weighted by Crippen LogP contribution is -1.88. The summed E-state index contributed by atoms with van der Waals surface area (Å²) in [6.07, 6.45) is 16.3. The molecule has 1 aliphatic carbocycles. The normalized spacial score (nSPS) is 16.1. The van der Waals surface area contributed by atoms with Crippen LogP contribution in [0.3, 0.4) is 0 Å². The number of ether oxygens (including phenoxy) is 1. The third-order valence-electron chi connectivity index (χ3n) is 1.82. The van der Waals surface area contributed by atoms with Crippen molar-refractivity contribution in [2.45, 2.75) is 13.3 Å². The van der Waals surface area contributed by atoms with Gasteiger partial charge in [-0.05, 0) is 37.6 Å². The van der Waals surface area contributed by atoms with Gasteiger partial charge in [0.1, 0.15) is 11.5 Å². The molecule has 0 aliphatic heterocycles. The highest BCUT2D eigenvalue weighted by molar-refractivity contribution is 6.30. The van der Waals surface area contributed by atoms with Gasteiger partial charge in [-0.15, -0.1) is 0 Å². The second-order valence-electron chi connectivity index (χ2n) is 3.23. The highest BCUT2D eigenvalue weighted by Crippen LogP contribution is 2.15. The van der Waals surface area contributed by atoms with Crippen LogP contribution < -0.4 is 0 Å². The molecule has 0 atom stereocenters. The standard InChI is InChI=1S/C14H15ClO/c1-3-8-14(11-12(2)15)16-13-9-6-4-5-7-10-13/h3-4,6-11H,2,5H2,1H3/b8-3-,14-11+. The Hall–Kier alpha value is -1.47. The van der Waals surface area contributed by atoms with Gasteiger partial charge in [0.25, 0.3) is 0 Å². The van der Waals surface area contributed by atoms with Gasteiger partial charge in [-0.1, -0.05) is 42.5 Å². The predicted molar refractivity (Wildman–Crippen MR) is 70.0 cm³/mol. The molecule has 84 valence electrons. The lowest BCUT2D eigenvalue weighted by molar-refractivity contribution is 0.336. The van der Waals surface area contributed by atoms with Crippen molar-refractivity contribution in [1.82, 2.24) is 0 Å². The van der Waals surface area contributed by atoms with Crippen LogP contribution in [0.15, 0.2) is 71.7 Å². The molecule has 0 spiro atoms. The highest BCUT2D eigenvalue weighted by Gasteiger charge is 1.98. The molecule has 0 unspecified atom stereocenters. The summed E-state index contributed by atoms with van der Waals surface area (Å²) in [5, 5.41) is 0.446. The van der Waals surface area contributed by atoms with Gasteiger partial charge in [-0.3, -0.25) is 0 Å². The molecule has 0 aromatic carbocycles. The average molecular weight is 235 g/mol. The molecule has 0 heterocycles. The fourth-order valence-electron chi connectivity index (χ4n) is 1.19. The number of rotatable bonds is 4. The Balaban J connectivity index is 2.79. The molecular weight excluding hydrogens is 220 g/mol. The van der Waals surface area contributed by atoms with Crippen molar-refractivity contribution in [3.8, 4) is 0 Å². The molecule has 1 aliphatic rings. The number of halogens is 1. The van der Waals surface area contributed by atoms with E-state index >= 15 is 0 Å². The summed E-state index contributed by atoms with van der Waals surface area (Å²) in [5.74, 6) is 1.46. The molecule has 0 fully saturated rings. The first-order valence-corrected chi connectivity index (χ1v) is 5.50. The van der Waals surface area contributed by atoms with Crippen LogP contribution >= 0.6 is 11.6 Å². The van der Waals surface area contributed by atoms with Crippen LogP contribution in [0.25, 0.3) is 0 Å². The minimum atomic E-state index is 0.446. The first-order chi connectivity index (χ1) is 7.72. The Morgan fingerprint density at radius 1 is 1.50 bits per heavy atom. The SMILES string of the molecule is C=C(Cl)/C=C(\C=C/C)OC1=CC=CCC=C1. The lowest BCUT2D eigenvalue weighted by atomic mass is 10.3. The monoisotopic (exact) mass is 234 g/mol. The van der Waals surface area contributed by atoms with E-state index in [0.29, 0.717) is 10.8 Å². The van der Waals surface area contributed by atoms with E-state index in [1.165, 1.54) is 0 Å². The van der Waals surface area contributed by atoms with Gasteiger partial charge in [0.15, 0.2) is 0 Å². The molecule has 0 aromatic heterocycles. The van der Waals surface area contributed by atoms with E-state index in [9.17, 15) is 0 Å². The molecule has 0 amide bonds. The summed E-state index contributed by atoms with van der Waals surface area (Å²) in [6.45, 7) is 5.53. The summed E-state index contributed by atoms with van der Waals surface area (Å²) in [7, 11) is 0. The number of hydrogen-bond donors (Lipinski definition) is 0. The molecule has 1 rings (SSSR count). The summed E-state index contributed by atoms with van der Waals surface area (Å²) in [5.41, 5.74) is 0. The van der Waals surface area contributed by atoms with Crippen LogP contribution in [0.2, 0.25) is 0 Å². The maximum Gasteiger partial charge on any atom is 0.128 e. The smallest absolute Gasteiger partial charge is 0.128 e. The Labute approximate surface area is 102 Å². The van der Waals surface area contributed by atoms with Gasteiger partial charge in [-0.25, -0.2) is 0 Å². The summed E-state index contributed by atoms with van der Waals surface area (Å²) < 4.78 is 5.67. The number of allylic oxidation sites excluding steroid dienone is 9. The fraction of sp³-hybridized carbons (Fsp3) is 0.143. The second-order valence-corrected chi connectivity index (χ2v) is 3.72. The van der Waals surface area contributed by atoms with E-state index < -0.39 is 0 Å². The van der Waals surface area contributed by atoms with Gasteiger partial charge in [0.05, 0.1) is 0 Å². The lowest BCUT2D eigenvalue weighted by Gasteiger charge is -2.06. The fourth-order valence-corrected chi connectivity index (χ4v) is 1.30. The van der Waals surface area contributed by atoms with Crippen molar-refractivity contribution < 1.29 is 4.74 Å². The first-order valence-electron chi connectivity index (χ1n) is 5.12. The Morgan fingerprint density at radius 3 is 3.00 bits per heavy atom. The molecule has 0 saturated heterocycles. The molecule has 0 aromatic rings. The molecule has 0 radical (unpaired) electrons. The third kappa shape index (κ3) is 4.85. The van der Waals surface area contributed by atoms with E-state index in [1.54, 1.807) is 6.08 Å². The van der Waals surface area contributed by atoms with Gasteiger partial charge in [-0.2, -0.15) is 0 Å². The molecule has 16 heavy (non-hydrogen) atoms. The summed E-state index contributed by atoms with van der Waals surface area (Å²) in [6, 6.07) is 0. The van der Waals surface area contributed by atoms with Gasteiger partial charge in [0, 0.05) is 5.03 Å². The van der Waals surface area contributed by atoms with Crippen LogP contribution in [0, 0.1) is 0 Å². The Bertz CT molecular complexity index is 395. The molecular formula is C14H15ClO. The maximum atomic E-state index is 5.72. The quantitative estimate of drug-likeness (QED) is 0.510. The van der Waals surface area contributed by atoms with E-state index in [4.69, 9.17) is 16.3 Å². The topological polar surface area (TPSA) is 9.23 Å². The number of hydrogen-bond acceptors (Lipinski definition) is 1. The molecule has 1 nitrogen and oxygen atoms in total. The van der Waals surface area contributed by atoms with Gasteiger partial charge < -0.3 is 4.74 Å². The third-order valence-corrected chi connectivity index (χ3v) is 1.93. The Morgan fingerprint density at radius 2 is 2.31 bits per heavy atom. The summed E-state index contributed by atoms with van der Waals surface area (Å²) >= 11 is 5.72. The zero-order valence-electron chi connectivity index (χ0n) is 9.32. The molecule has 0 N–H and O–H groups in total.